The molecule has 1 saturated heterocycles. The van der Waals surface area contributed by atoms with Crippen LogP contribution in [0.15, 0.2) is 36.4 Å². The van der Waals surface area contributed by atoms with Crippen molar-refractivity contribution in [3.8, 4) is 0 Å². The van der Waals surface area contributed by atoms with Crippen LogP contribution in [0.5, 0.6) is 0 Å². The molecule has 5 rings (SSSR count). The minimum Gasteiger partial charge on any atom is -0.274 e. The highest BCUT2D eigenvalue weighted by Crippen LogP contribution is 2.51. The molecule has 0 aromatic heterocycles. The number of carbonyl (C=O) groups excluding carboxylic acids is 2. The highest BCUT2D eigenvalue weighted by atomic mass is 16.6. The number of para-hydroxylation sites is 2. The lowest BCUT2D eigenvalue weighted by molar-refractivity contribution is -0.384. The van der Waals surface area contributed by atoms with Crippen molar-refractivity contribution in [1.29, 1.82) is 0 Å². The first kappa shape index (κ1) is 13.2. The third-order valence-corrected chi connectivity index (χ3v) is 5.08. The first-order valence-electron chi connectivity index (χ1n) is 7.39. The number of allylic oxidation sites excluding steroid dienone is 2. The summed E-state index contributed by atoms with van der Waals surface area (Å²) in [6.07, 6.45) is 5.88. The molecule has 4 atom stereocenters. The largest absolute Gasteiger partial charge is 0.293 e. The van der Waals surface area contributed by atoms with E-state index in [-0.39, 0.29) is 46.9 Å². The molecule has 6 nitrogen and oxygen atoms in total. The van der Waals surface area contributed by atoms with E-state index in [0.29, 0.717) is 0 Å². The molecule has 0 radical (unpaired) electrons. The Morgan fingerprint density at radius 3 is 2.05 bits per heavy atom. The quantitative estimate of drug-likeness (QED) is 0.363. The molecule has 1 aromatic rings. The van der Waals surface area contributed by atoms with Crippen molar-refractivity contribution in [3.63, 3.8) is 0 Å². The highest BCUT2D eigenvalue weighted by molar-refractivity contribution is 6.23. The second-order valence-corrected chi connectivity index (χ2v) is 6.10. The molecule has 0 N–H and O–H groups in total. The number of hydrogen-bond acceptors (Lipinski definition) is 4. The zero-order valence-corrected chi connectivity index (χ0v) is 11.7. The van der Waals surface area contributed by atoms with Gasteiger partial charge in [0, 0.05) is 6.07 Å². The van der Waals surface area contributed by atoms with Crippen LogP contribution in [0.25, 0.3) is 0 Å². The smallest absolute Gasteiger partial charge is 0.274 e. The maximum absolute atomic E-state index is 12.8. The molecule has 22 heavy (non-hydrogen) atoms. The zero-order chi connectivity index (χ0) is 15.4. The first-order valence-corrected chi connectivity index (χ1v) is 7.39. The van der Waals surface area contributed by atoms with Crippen LogP contribution in [0.4, 0.5) is 11.4 Å². The Balaban J connectivity index is 1.81. The lowest BCUT2D eigenvalue weighted by Gasteiger charge is -2.38. The fourth-order valence-electron chi connectivity index (χ4n) is 4.12. The summed E-state index contributed by atoms with van der Waals surface area (Å²) < 4.78 is 0. The topological polar surface area (TPSA) is 80.5 Å². The highest BCUT2D eigenvalue weighted by Gasteiger charge is 2.57. The van der Waals surface area contributed by atoms with E-state index < -0.39 is 4.92 Å². The van der Waals surface area contributed by atoms with Crippen molar-refractivity contribution < 1.29 is 14.5 Å². The van der Waals surface area contributed by atoms with Crippen LogP contribution < -0.4 is 4.90 Å². The molecule has 1 aliphatic heterocycles. The Bertz CT molecular complexity index is 695. The minimum atomic E-state index is -0.551. The number of imide groups is 1. The molecular weight excluding hydrogens is 284 g/mol. The van der Waals surface area contributed by atoms with Crippen LogP contribution in [0.3, 0.4) is 0 Å². The van der Waals surface area contributed by atoms with Crippen LogP contribution in [0, 0.1) is 33.8 Å². The van der Waals surface area contributed by atoms with Gasteiger partial charge in [-0.05, 0) is 30.7 Å². The molecule has 2 bridgehead atoms. The number of carbonyl (C=O) groups is 2. The lowest BCUT2D eigenvalue weighted by Crippen LogP contribution is -2.38. The van der Waals surface area contributed by atoms with E-state index in [2.05, 4.69) is 0 Å². The van der Waals surface area contributed by atoms with E-state index in [1.54, 1.807) is 6.07 Å². The SMILES string of the molecule is O=C1[C@@H]2[C@H](C(=O)N1c1ccccc1[N+](=O)[O-])[C@@H]1C=C[C@@H]2CC1. The maximum Gasteiger partial charge on any atom is 0.293 e. The van der Waals surface area contributed by atoms with Gasteiger partial charge in [-0.15, -0.1) is 0 Å². The molecule has 112 valence electrons. The second-order valence-electron chi connectivity index (χ2n) is 6.10. The number of nitrogens with zero attached hydrogens (tertiary/aromatic N) is 2. The predicted octanol–water partition coefficient (Wildman–Crippen LogP) is 2.30. The third-order valence-electron chi connectivity index (χ3n) is 5.08. The van der Waals surface area contributed by atoms with Gasteiger partial charge in [0.05, 0.1) is 16.8 Å². The number of anilines is 1. The van der Waals surface area contributed by atoms with Gasteiger partial charge in [-0.3, -0.25) is 19.7 Å². The fraction of sp³-hybridized carbons (Fsp3) is 0.375. The fourth-order valence-corrected chi connectivity index (χ4v) is 4.12. The summed E-state index contributed by atoms with van der Waals surface area (Å²) in [6.45, 7) is 0. The van der Waals surface area contributed by atoms with Crippen molar-refractivity contribution >= 4 is 23.2 Å². The molecule has 2 fully saturated rings. The number of nitro benzene ring substituents is 1. The molecule has 0 spiro atoms. The molecule has 4 aliphatic rings. The second kappa shape index (κ2) is 4.50. The van der Waals surface area contributed by atoms with Crippen molar-refractivity contribution in [2.45, 2.75) is 12.8 Å². The summed E-state index contributed by atoms with van der Waals surface area (Å²) in [6, 6.07) is 5.94. The molecule has 1 aromatic carbocycles. The minimum absolute atomic E-state index is 0.0826. The predicted molar refractivity (Wildman–Crippen MR) is 77.9 cm³/mol. The van der Waals surface area contributed by atoms with Gasteiger partial charge < -0.3 is 0 Å². The monoisotopic (exact) mass is 298 g/mol. The van der Waals surface area contributed by atoms with Gasteiger partial charge in [-0.1, -0.05) is 24.3 Å². The van der Waals surface area contributed by atoms with Crippen LogP contribution in [-0.4, -0.2) is 16.7 Å². The Morgan fingerprint density at radius 2 is 1.55 bits per heavy atom. The van der Waals surface area contributed by atoms with Crippen molar-refractivity contribution in [1.82, 2.24) is 0 Å². The van der Waals surface area contributed by atoms with Gasteiger partial charge in [0.25, 0.3) is 5.69 Å². The van der Waals surface area contributed by atoms with Gasteiger partial charge in [0.1, 0.15) is 5.69 Å². The van der Waals surface area contributed by atoms with Crippen molar-refractivity contribution in [2.75, 3.05) is 4.90 Å². The van der Waals surface area contributed by atoms with E-state index in [4.69, 9.17) is 0 Å². The molecule has 0 unspecified atom stereocenters. The normalized spacial score (nSPS) is 32.5. The summed E-state index contributed by atoms with van der Waals surface area (Å²) in [4.78, 5) is 37.2. The Labute approximate surface area is 126 Å². The van der Waals surface area contributed by atoms with E-state index in [1.165, 1.54) is 18.2 Å². The zero-order valence-electron chi connectivity index (χ0n) is 11.7. The summed E-state index contributed by atoms with van der Waals surface area (Å²) in [5.41, 5.74) is -0.112. The average molecular weight is 298 g/mol. The molecule has 1 saturated carbocycles. The van der Waals surface area contributed by atoms with Crippen molar-refractivity contribution in [3.05, 3.63) is 46.5 Å². The molecule has 3 aliphatic carbocycles. The number of benzene rings is 1. The van der Waals surface area contributed by atoms with E-state index in [0.717, 1.165) is 17.7 Å². The third kappa shape index (κ3) is 1.60. The Kier molecular flexibility index (Phi) is 2.69. The number of amides is 2. The molecular formula is C16H14N2O4. The van der Waals surface area contributed by atoms with Crippen LogP contribution in [-0.2, 0) is 9.59 Å². The van der Waals surface area contributed by atoms with Gasteiger partial charge in [0.15, 0.2) is 0 Å². The van der Waals surface area contributed by atoms with E-state index >= 15 is 0 Å². The molecule has 6 heteroatoms. The van der Waals surface area contributed by atoms with Crippen LogP contribution in [0.2, 0.25) is 0 Å². The van der Waals surface area contributed by atoms with Crippen LogP contribution >= 0.6 is 0 Å². The summed E-state index contributed by atoms with van der Waals surface area (Å²) in [7, 11) is 0. The first-order chi connectivity index (χ1) is 10.6. The standard InChI is InChI=1S/C16H14N2O4/c19-15-13-9-5-6-10(8-7-9)14(13)16(20)17(15)11-3-1-2-4-12(11)18(21)22/h1-6,9-10,13-14H,7-8H2/t9-,10-,13-,14+/m1/s1. The summed E-state index contributed by atoms with van der Waals surface area (Å²) >= 11 is 0. The number of fused-ring (bicyclic) bond motifs is 1. The van der Waals surface area contributed by atoms with E-state index in [9.17, 15) is 19.7 Å². The van der Waals surface area contributed by atoms with Crippen LogP contribution in [0.1, 0.15) is 12.8 Å². The number of hydrogen-bond donors (Lipinski definition) is 0. The maximum atomic E-state index is 12.8. The van der Waals surface area contributed by atoms with Gasteiger partial charge >= 0.3 is 0 Å². The Hall–Kier alpha value is -2.50. The van der Waals surface area contributed by atoms with Gasteiger partial charge in [-0.25, -0.2) is 4.90 Å². The van der Waals surface area contributed by atoms with Gasteiger partial charge in [-0.2, -0.15) is 0 Å². The molecule has 2 amide bonds. The number of nitro groups is 1. The Morgan fingerprint density at radius 1 is 1.00 bits per heavy atom. The van der Waals surface area contributed by atoms with E-state index in [1.807, 2.05) is 12.2 Å². The van der Waals surface area contributed by atoms with Crippen molar-refractivity contribution in [2.24, 2.45) is 23.7 Å². The summed E-state index contributed by atoms with van der Waals surface area (Å²) in [5.74, 6) is -1.11. The lowest BCUT2D eigenvalue weighted by atomic mass is 9.63. The average Bonchev–Trinajstić information content (AvgIpc) is 2.82. The summed E-state index contributed by atoms with van der Waals surface area (Å²) in [5, 5.41) is 11.2. The molecule has 1 heterocycles. The van der Waals surface area contributed by atoms with Gasteiger partial charge in [0.2, 0.25) is 11.8 Å². The number of rotatable bonds is 2.